The molecule has 5 heterocycles. The van der Waals surface area contributed by atoms with Crippen LogP contribution in [0.15, 0.2) is 49.2 Å². The highest BCUT2D eigenvalue weighted by molar-refractivity contribution is 5.93. The zero-order valence-electron chi connectivity index (χ0n) is 15.3. The van der Waals surface area contributed by atoms with Gasteiger partial charge in [0.05, 0.1) is 22.6 Å². The molecule has 0 atom stereocenters. The Balaban J connectivity index is 1.58. The molecular weight excluding hydrogens is 352 g/mol. The number of aromatic nitrogens is 7. The molecule has 0 aliphatic rings. The second-order valence-corrected chi connectivity index (χ2v) is 6.53. The molecule has 0 aliphatic heterocycles. The van der Waals surface area contributed by atoms with Gasteiger partial charge in [-0.25, -0.2) is 9.97 Å². The predicted molar refractivity (Wildman–Crippen MR) is 107 cm³/mol. The fraction of sp³-hybridized carbons (Fsp3) is 0.150. The number of rotatable bonds is 5. The summed E-state index contributed by atoms with van der Waals surface area (Å²) in [7, 11) is 0. The van der Waals surface area contributed by atoms with E-state index in [0.717, 1.165) is 51.9 Å². The van der Waals surface area contributed by atoms with Gasteiger partial charge in [-0.05, 0) is 30.3 Å². The van der Waals surface area contributed by atoms with Crippen molar-refractivity contribution in [2.75, 3.05) is 6.54 Å². The highest BCUT2D eigenvalue weighted by atomic mass is 15.2. The minimum Gasteiger partial charge on any atom is -0.335 e. The molecule has 0 aromatic carbocycles. The first-order valence-electron chi connectivity index (χ1n) is 9.11. The van der Waals surface area contributed by atoms with E-state index in [1.807, 2.05) is 24.7 Å². The fourth-order valence-corrected chi connectivity index (χ4v) is 3.22. The van der Waals surface area contributed by atoms with E-state index in [1.54, 1.807) is 12.4 Å². The van der Waals surface area contributed by atoms with Gasteiger partial charge >= 0.3 is 0 Å². The molecule has 0 unspecified atom stereocenters. The van der Waals surface area contributed by atoms with Crippen LogP contribution in [0.2, 0.25) is 0 Å². The first-order valence-corrected chi connectivity index (χ1v) is 9.11. The van der Waals surface area contributed by atoms with Crippen LogP contribution < -0.4 is 5.32 Å². The Kier molecular flexibility index (Phi) is 4.02. The van der Waals surface area contributed by atoms with Crippen molar-refractivity contribution < 1.29 is 0 Å². The summed E-state index contributed by atoms with van der Waals surface area (Å²) in [5.41, 5.74) is 6.33. The Labute approximate surface area is 160 Å². The van der Waals surface area contributed by atoms with Crippen molar-refractivity contribution >= 4 is 22.1 Å². The molecule has 8 nitrogen and oxygen atoms in total. The number of hydrogen-bond donors (Lipinski definition) is 3. The minimum absolute atomic E-state index is 0.647. The first kappa shape index (κ1) is 16.5. The molecule has 0 bridgehead atoms. The van der Waals surface area contributed by atoms with Gasteiger partial charge in [0, 0.05) is 42.5 Å². The van der Waals surface area contributed by atoms with Crippen LogP contribution >= 0.6 is 0 Å². The highest BCUT2D eigenvalue weighted by Crippen LogP contribution is 2.29. The summed E-state index contributed by atoms with van der Waals surface area (Å²) in [6.07, 6.45) is 9.04. The van der Waals surface area contributed by atoms with Crippen LogP contribution in [0.3, 0.4) is 0 Å². The van der Waals surface area contributed by atoms with Crippen molar-refractivity contribution in [1.29, 1.82) is 0 Å². The van der Waals surface area contributed by atoms with Gasteiger partial charge in [-0.1, -0.05) is 6.92 Å². The Morgan fingerprint density at radius 3 is 2.86 bits per heavy atom. The molecule has 0 saturated heterocycles. The summed E-state index contributed by atoms with van der Waals surface area (Å²) >= 11 is 0. The summed E-state index contributed by atoms with van der Waals surface area (Å²) in [4.78, 5) is 20.9. The molecule has 0 fully saturated rings. The molecule has 0 radical (unpaired) electrons. The molecule has 5 aromatic heterocycles. The van der Waals surface area contributed by atoms with E-state index in [9.17, 15) is 0 Å². The van der Waals surface area contributed by atoms with Crippen LogP contribution in [0.25, 0.3) is 44.7 Å². The van der Waals surface area contributed by atoms with Crippen LogP contribution in [-0.2, 0) is 6.54 Å². The normalized spacial score (nSPS) is 11.5. The Morgan fingerprint density at radius 1 is 1.04 bits per heavy atom. The van der Waals surface area contributed by atoms with Crippen molar-refractivity contribution in [1.82, 2.24) is 40.4 Å². The van der Waals surface area contributed by atoms with Gasteiger partial charge in [-0.15, -0.1) is 0 Å². The fourth-order valence-electron chi connectivity index (χ4n) is 3.22. The number of nitrogens with zero attached hydrogens (tertiary/aromatic N) is 5. The number of aromatic amines is 2. The zero-order chi connectivity index (χ0) is 18.9. The van der Waals surface area contributed by atoms with Crippen molar-refractivity contribution in [3.63, 3.8) is 0 Å². The molecule has 5 rings (SSSR count). The molecule has 5 aromatic rings. The van der Waals surface area contributed by atoms with Crippen LogP contribution in [-0.4, -0.2) is 41.7 Å². The van der Waals surface area contributed by atoms with E-state index in [0.29, 0.717) is 11.5 Å². The molecule has 3 N–H and O–H groups in total. The Bertz CT molecular complexity index is 1240. The number of nitrogens with one attached hydrogen (secondary N) is 3. The molecular formula is C20H18N8. The van der Waals surface area contributed by atoms with Gasteiger partial charge in [0.1, 0.15) is 5.69 Å². The minimum atomic E-state index is 0.647. The zero-order valence-corrected chi connectivity index (χ0v) is 15.3. The SMILES string of the molecule is CCNCc1cncc(-c2cnc3n[nH]c(-c4nc5ccncc5[nH]4)c3c2)c1. The van der Waals surface area contributed by atoms with Crippen LogP contribution in [0.4, 0.5) is 0 Å². The van der Waals surface area contributed by atoms with E-state index in [1.165, 1.54) is 0 Å². The number of fused-ring (bicyclic) bond motifs is 2. The van der Waals surface area contributed by atoms with Crippen molar-refractivity contribution in [3.05, 3.63) is 54.7 Å². The third-order valence-electron chi connectivity index (χ3n) is 4.64. The van der Waals surface area contributed by atoms with Gasteiger partial charge in [0.25, 0.3) is 0 Å². The summed E-state index contributed by atoms with van der Waals surface area (Å²) in [6.45, 7) is 3.80. The maximum Gasteiger partial charge on any atom is 0.181 e. The third kappa shape index (κ3) is 2.89. The van der Waals surface area contributed by atoms with Gasteiger partial charge in [-0.2, -0.15) is 5.10 Å². The molecule has 0 saturated carbocycles. The smallest absolute Gasteiger partial charge is 0.181 e. The summed E-state index contributed by atoms with van der Waals surface area (Å²) in [5, 5.41) is 11.6. The van der Waals surface area contributed by atoms with Crippen molar-refractivity contribution in [3.8, 4) is 22.6 Å². The summed E-state index contributed by atoms with van der Waals surface area (Å²) in [6, 6.07) is 6.07. The monoisotopic (exact) mass is 370 g/mol. The number of pyridine rings is 3. The second kappa shape index (κ2) is 6.82. The molecule has 0 amide bonds. The summed E-state index contributed by atoms with van der Waals surface area (Å²) in [5.74, 6) is 0.712. The molecule has 138 valence electrons. The van der Waals surface area contributed by atoms with E-state index >= 15 is 0 Å². The molecule has 28 heavy (non-hydrogen) atoms. The molecule has 8 heteroatoms. The number of H-pyrrole nitrogens is 2. The van der Waals surface area contributed by atoms with Crippen LogP contribution in [0.5, 0.6) is 0 Å². The van der Waals surface area contributed by atoms with Gasteiger partial charge in [-0.3, -0.25) is 15.1 Å². The van der Waals surface area contributed by atoms with Crippen molar-refractivity contribution in [2.45, 2.75) is 13.5 Å². The topological polar surface area (TPSA) is 108 Å². The van der Waals surface area contributed by atoms with Crippen LogP contribution in [0, 0.1) is 0 Å². The van der Waals surface area contributed by atoms with E-state index in [4.69, 9.17) is 0 Å². The standard InChI is InChI=1S/C20H18N8/c1-2-21-7-12-5-13(9-23-8-12)14-6-15-18(27-28-19(15)24-10-14)20-25-16-3-4-22-11-17(16)26-20/h3-6,8-11,21H,2,7H2,1H3,(H,25,26)(H,24,27,28). The maximum atomic E-state index is 4.64. The van der Waals surface area contributed by atoms with E-state index in [-0.39, 0.29) is 0 Å². The lowest BCUT2D eigenvalue weighted by atomic mass is 10.1. The van der Waals surface area contributed by atoms with Crippen LogP contribution in [0.1, 0.15) is 12.5 Å². The first-order chi connectivity index (χ1) is 13.8. The lowest BCUT2D eigenvalue weighted by Crippen LogP contribution is -2.11. The highest BCUT2D eigenvalue weighted by Gasteiger charge is 2.14. The van der Waals surface area contributed by atoms with E-state index in [2.05, 4.69) is 59.5 Å². The van der Waals surface area contributed by atoms with Gasteiger partial charge < -0.3 is 10.3 Å². The number of hydrogen-bond acceptors (Lipinski definition) is 6. The third-order valence-corrected chi connectivity index (χ3v) is 4.64. The quantitative estimate of drug-likeness (QED) is 0.439. The summed E-state index contributed by atoms with van der Waals surface area (Å²) < 4.78 is 0. The Hall–Kier alpha value is -3.65. The molecule has 0 spiro atoms. The average molecular weight is 370 g/mol. The Morgan fingerprint density at radius 2 is 1.96 bits per heavy atom. The average Bonchev–Trinajstić information content (AvgIpc) is 3.35. The maximum absolute atomic E-state index is 4.64. The predicted octanol–water partition coefficient (Wildman–Crippen LogP) is 3.07. The molecule has 0 aliphatic carbocycles. The van der Waals surface area contributed by atoms with Gasteiger partial charge in [0.2, 0.25) is 0 Å². The second-order valence-electron chi connectivity index (χ2n) is 6.53. The van der Waals surface area contributed by atoms with E-state index < -0.39 is 0 Å². The lowest BCUT2D eigenvalue weighted by molar-refractivity contribution is 0.724. The number of imidazole rings is 1. The van der Waals surface area contributed by atoms with Gasteiger partial charge in [0.15, 0.2) is 11.5 Å². The largest absolute Gasteiger partial charge is 0.335 e. The lowest BCUT2D eigenvalue weighted by Gasteiger charge is -2.05. The van der Waals surface area contributed by atoms with Crippen molar-refractivity contribution in [2.24, 2.45) is 0 Å².